The van der Waals surface area contributed by atoms with Crippen molar-refractivity contribution in [3.05, 3.63) is 22.8 Å². The molecule has 0 fully saturated rings. The molecular weight excluding hydrogens is 248 g/mol. The van der Waals surface area contributed by atoms with Gasteiger partial charge in [-0.2, -0.15) is 0 Å². The molecule has 1 aromatic heterocycles. The van der Waals surface area contributed by atoms with Gasteiger partial charge in [0.2, 0.25) is 0 Å². The Morgan fingerprint density at radius 2 is 2.18 bits per heavy atom. The number of pyridine rings is 1. The lowest BCUT2D eigenvalue weighted by atomic mass is 10.2. The van der Waals surface area contributed by atoms with Gasteiger partial charge in [-0.25, -0.2) is 14.6 Å². The SMILES string of the molecule is NC(=O)NCCNc1cc(C(=O)O)c(Cl)cn1. The minimum Gasteiger partial charge on any atom is -0.478 e. The number of hydrogen-bond acceptors (Lipinski definition) is 4. The lowest BCUT2D eigenvalue weighted by Gasteiger charge is -2.07. The van der Waals surface area contributed by atoms with E-state index in [1.807, 2.05) is 0 Å². The molecule has 0 unspecified atom stereocenters. The van der Waals surface area contributed by atoms with E-state index in [0.29, 0.717) is 18.9 Å². The van der Waals surface area contributed by atoms with Gasteiger partial charge in [-0.3, -0.25) is 0 Å². The lowest BCUT2D eigenvalue weighted by Crippen LogP contribution is -2.33. The fourth-order valence-electron chi connectivity index (χ4n) is 1.08. The van der Waals surface area contributed by atoms with Gasteiger partial charge in [-0.15, -0.1) is 0 Å². The molecule has 0 aliphatic carbocycles. The van der Waals surface area contributed by atoms with E-state index in [1.54, 1.807) is 0 Å². The van der Waals surface area contributed by atoms with Crippen LogP contribution in [-0.2, 0) is 0 Å². The number of carbonyl (C=O) groups is 2. The van der Waals surface area contributed by atoms with Crippen LogP contribution in [0, 0.1) is 0 Å². The summed E-state index contributed by atoms with van der Waals surface area (Å²) in [6, 6.07) is 0.691. The number of hydrogen-bond donors (Lipinski definition) is 4. The normalized spacial score (nSPS) is 9.71. The molecule has 0 aliphatic rings. The topological polar surface area (TPSA) is 117 Å². The van der Waals surface area contributed by atoms with Gasteiger partial charge in [0.05, 0.1) is 10.6 Å². The van der Waals surface area contributed by atoms with Crippen molar-refractivity contribution in [2.24, 2.45) is 5.73 Å². The summed E-state index contributed by atoms with van der Waals surface area (Å²) in [5.41, 5.74) is 4.83. The van der Waals surface area contributed by atoms with Crippen molar-refractivity contribution in [3.63, 3.8) is 0 Å². The number of aromatic nitrogens is 1. The molecule has 0 saturated heterocycles. The molecule has 1 rings (SSSR count). The number of carbonyl (C=O) groups excluding carboxylic acids is 1. The second kappa shape index (κ2) is 5.90. The van der Waals surface area contributed by atoms with E-state index in [4.69, 9.17) is 22.4 Å². The zero-order chi connectivity index (χ0) is 12.8. The number of carboxylic acids is 1. The first kappa shape index (κ1) is 13.0. The van der Waals surface area contributed by atoms with Gasteiger partial charge >= 0.3 is 12.0 Å². The number of urea groups is 1. The Bertz CT molecular complexity index is 438. The largest absolute Gasteiger partial charge is 0.478 e. The summed E-state index contributed by atoms with van der Waals surface area (Å²) >= 11 is 5.65. The fourth-order valence-corrected chi connectivity index (χ4v) is 1.26. The highest BCUT2D eigenvalue weighted by molar-refractivity contribution is 6.33. The molecule has 7 nitrogen and oxygen atoms in total. The first-order valence-electron chi connectivity index (χ1n) is 4.66. The molecule has 2 amide bonds. The number of nitrogens with one attached hydrogen (secondary N) is 2. The third kappa shape index (κ3) is 4.15. The van der Waals surface area contributed by atoms with Crippen molar-refractivity contribution in [1.82, 2.24) is 10.3 Å². The van der Waals surface area contributed by atoms with Crippen molar-refractivity contribution in [2.45, 2.75) is 0 Å². The summed E-state index contributed by atoms with van der Waals surface area (Å²) in [6.07, 6.45) is 1.24. The summed E-state index contributed by atoms with van der Waals surface area (Å²) in [5, 5.41) is 14.1. The third-order valence-electron chi connectivity index (χ3n) is 1.82. The van der Waals surface area contributed by atoms with E-state index in [0.717, 1.165) is 0 Å². The van der Waals surface area contributed by atoms with Crippen LogP contribution in [0.25, 0.3) is 0 Å². The Labute approximate surface area is 102 Å². The molecule has 5 N–H and O–H groups in total. The highest BCUT2D eigenvalue weighted by atomic mass is 35.5. The van der Waals surface area contributed by atoms with Gasteiger partial charge in [-0.05, 0) is 6.07 Å². The number of rotatable bonds is 5. The zero-order valence-electron chi connectivity index (χ0n) is 8.74. The van der Waals surface area contributed by atoms with Crippen molar-refractivity contribution >= 4 is 29.4 Å². The smallest absolute Gasteiger partial charge is 0.337 e. The quantitative estimate of drug-likeness (QED) is 0.574. The molecule has 1 aromatic rings. The van der Waals surface area contributed by atoms with Crippen molar-refractivity contribution < 1.29 is 14.7 Å². The molecule has 0 bridgehead atoms. The molecule has 0 aromatic carbocycles. The minimum absolute atomic E-state index is 0.0352. The molecule has 0 radical (unpaired) electrons. The van der Waals surface area contributed by atoms with Crippen molar-refractivity contribution in [2.75, 3.05) is 18.4 Å². The number of aromatic carboxylic acids is 1. The van der Waals surface area contributed by atoms with Crippen LogP contribution in [0.4, 0.5) is 10.6 Å². The lowest BCUT2D eigenvalue weighted by molar-refractivity contribution is 0.0697. The standard InChI is InChI=1S/C9H11ClN4O3/c10-6-4-14-7(3-5(6)8(15)16)12-1-2-13-9(11)17/h3-4H,1-2H2,(H,12,14)(H,15,16)(H3,11,13,17). The number of amides is 2. The second-order valence-corrected chi connectivity index (χ2v) is 3.48. The average molecular weight is 259 g/mol. The number of nitrogens with two attached hydrogens (primary N) is 1. The first-order valence-corrected chi connectivity index (χ1v) is 5.04. The number of nitrogens with zero attached hydrogens (tertiary/aromatic N) is 1. The Kier molecular flexibility index (Phi) is 4.53. The maximum Gasteiger partial charge on any atom is 0.337 e. The summed E-state index contributed by atoms with van der Waals surface area (Å²) in [5.74, 6) is -0.770. The van der Waals surface area contributed by atoms with Crippen LogP contribution in [-0.4, -0.2) is 35.2 Å². The summed E-state index contributed by atoms with van der Waals surface area (Å²) in [7, 11) is 0. The summed E-state index contributed by atoms with van der Waals surface area (Å²) in [4.78, 5) is 25.0. The number of anilines is 1. The van der Waals surface area contributed by atoms with Gasteiger partial charge in [0, 0.05) is 19.3 Å². The molecule has 92 valence electrons. The predicted molar refractivity (Wildman–Crippen MR) is 62.3 cm³/mol. The molecule has 8 heteroatoms. The Balaban J connectivity index is 2.57. The number of primary amides is 1. The Morgan fingerprint density at radius 1 is 1.47 bits per heavy atom. The molecule has 17 heavy (non-hydrogen) atoms. The van der Waals surface area contributed by atoms with Gasteiger partial charge < -0.3 is 21.5 Å². The highest BCUT2D eigenvalue weighted by Crippen LogP contribution is 2.17. The van der Waals surface area contributed by atoms with E-state index in [-0.39, 0.29) is 10.6 Å². The zero-order valence-corrected chi connectivity index (χ0v) is 9.49. The van der Waals surface area contributed by atoms with Crippen molar-refractivity contribution in [3.8, 4) is 0 Å². The predicted octanol–water partition coefficient (Wildman–Crippen LogP) is 0.513. The summed E-state index contributed by atoms with van der Waals surface area (Å²) in [6.45, 7) is 0.679. The molecular formula is C9H11ClN4O3. The van der Waals surface area contributed by atoms with Gasteiger partial charge in [0.1, 0.15) is 5.82 Å². The van der Waals surface area contributed by atoms with Crippen LogP contribution in [0.1, 0.15) is 10.4 Å². The maximum absolute atomic E-state index is 10.8. The Hall–Kier alpha value is -2.02. The van der Waals surface area contributed by atoms with E-state index in [9.17, 15) is 9.59 Å². The van der Waals surface area contributed by atoms with Crippen LogP contribution >= 0.6 is 11.6 Å². The second-order valence-electron chi connectivity index (χ2n) is 3.07. The summed E-state index contributed by atoms with van der Waals surface area (Å²) < 4.78 is 0. The van der Waals surface area contributed by atoms with E-state index < -0.39 is 12.0 Å². The minimum atomic E-state index is -1.13. The average Bonchev–Trinajstić information content (AvgIpc) is 2.25. The Morgan fingerprint density at radius 3 is 2.76 bits per heavy atom. The molecule has 0 spiro atoms. The van der Waals surface area contributed by atoms with Gasteiger partial charge in [0.15, 0.2) is 0 Å². The molecule has 0 atom stereocenters. The van der Waals surface area contributed by atoms with Crippen LogP contribution < -0.4 is 16.4 Å². The van der Waals surface area contributed by atoms with E-state index >= 15 is 0 Å². The van der Waals surface area contributed by atoms with Gasteiger partial charge in [-0.1, -0.05) is 11.6 Å². The van der Waals surface area contributed by atoms with Crippen LogP contribution in [0.3, 0.4) is 0 Å². The van der Waals surface area contributed by atoms with E-state index in [1.165, 1.54) is 12.3 Å². The first-order chi connectivity index (χ1) is 8.00. The molecule has 1 heterocycles. The number of carboxylic acid groups (broad SMARTS) is 1. The van der Waals surface area contributed by atoms with Crippen LogP contribution in [0.15, 0.2) is 12.3 Å². The highest BCUT2D eigenvalue weighted by Gasteiger charge is 2.09. The maximum atomic E-state index is 10.8. The fraction of sp³-hybridized carbons (Fsp3) is 0.222. The van der Waals surface area contributed by atoms with Crippen LogP contribution in [0.2, 0.25) is 5.02 Å². The van der Waals surface area contributed by atoms with Gasteiger partial charge in [0.25, 0.3) is 0 Å². The van der Waals surface area contributed by atoms with Crippen molar-refractivity contribution in [1.29, 1.82) is 0 Å². The van der Waals surface area contributed by atoms with Crippen LogP contribution in [0.5, 0.6) is 0 Å². The number of halogens is 1. The molecule has 0 aliphatic heterocycles. The molecule has 0 saturated carbocycles. The third-order valence-corrected chi connectivity index (χ3v) is 2.12. The van der Waals surface area contributed by atoms with E-state index in [2.05, 4.69) is 15.6 Å². The monoisotopic (exact) mass is 258 g/mol.